The number of thiophene rings is 1. The highest BCUT2D eigenvalue weighted by Gasteiger charge is 2.31. The maximum absolute atomic E-state index is 13.5. The lowest BCUT2D eigenvalue weighted by molar-refractivity contribution is 0.296. The molecular weight excluding hydrogens is 520 g/mol. The molecule has 3 heterocycles. The van der Waals surface area contributed by atoms with E-state index in [-0.39, 0.29) is 11.3 Å². The van der Waals surface area contributed by atoms with Crippen LogP contribution in [0.15, 0.2) is 63.0 Å². The maximum Gasteiger partial charge on any atom is 0.316 e. The molecule has 1 aliphatic rings. The number of sulfonamides is 1. The van der Waals surface area contributed by atoms with Gasteiger partial charge in [0, 0.05) is 26.2 Å². The predicted octanol–water partition coefficient (Wildman–Crippen LogP) is 5.32. The van der Waals surface area contributed by atoms with Gasteiger partial charge in [0.2, 0.25) is 5.75 Å². The van der Waals surface area contributed by atoms with E-state index in [4.69, 9.17) is 4.74 Å². The first-order valence-corrected chi connectivity index (χ1v) is 15.9. The molecule has 2 aromatic heterocycles. The largest absolute Gasteiger partial charge is 0.486 e. The van der Waals surface area contributed by atoms with E-state index in [1.807, 2.05) is 35.2 Å². The third kappa shape index (κ3) is 7.03. The maximum atomic E-state index is 13.5. The summed E-state index contributed by atoms with van der Waals surface area (Å²) < 4.78 is 35.3. The summed E-state index contributed by atoms with van der Waals surface area (Å²) in [5.74, 6) is 0.279. The number of nitrogens with zero attached hydrogens (tertiary/aromatic N) is 4. The lowest BCUT2D eigenvalue weighted by Gasteiger charge is -2.35. The molecule has 38 heavy (non-hydrogen) atoms. The monoisotopic (exact) mass is 558 g/mol. The number of rotatable bonds is 14. The fourth-order valence-electron chi connectivity index (χ4n) is 4.66. The van der Waals surface area contributed by atoms with Crippen molar-refractivity contribution in [1.82, 2.24) is 14.1 Å². The van der Waals surface area contributed by atoms with Crippen LogP contribution in [-0.2, 0) is 10.0 Å². The smallest absolute Gasteiger partial charge is 0.316 e. The molecule has 8 nitrogen and oxygen atoms in total. The van der Waals surface area contributed by atoms with Crippen LogP contribution >= 0.6 is 11.3 Å². The molecule has 4 rings (SSSR count). The molecule has 0 unspecified atom stereocenters. The van der Waals surface area contributed by atoms with Crippen molar-refractivity contribution in [3.05, 3.63) is 64.4 Å². The number of anilines is 1. The van der Waals surface area contributed by atoms with Crippen molar-refractivity contribution >= 4 is 27.0 Å². The minimum Gasteiger partial charge on any atom is -0.486 e. The third-order valence-electron chi connectivity index (χ3n) is 6.83. The molecule has 0 bridgehead atoms. The second kappa shape index (κ2) is 13.9. The van der Waals surface area contributed by atoms with Gasteiger partial charge in [0.25, 0.3) is 10.0 Å². The van der Waals surface area contributed by atoms with Crippen molar-refractivity contribution in [3.8, 4) is 11.4 Å². The molecule has 1 aromatic carbocycles. The highest BCUT2D eigenvalue weighted by atomic mass is 32.2. The Morgan fingerprint density at radius 1 is 0.895 bits per heavy atom. The molecule has 1 aliphatic heterocycles. The Morgan fingerprint density at radius 2 is 1.58 bits per heavy atom. The van der Waals surface area contributed by atoms with Gasteiger partial charge in [0.15, 0.2) is 0 Å². The molecule has 0 atom stereocenters. The first kappa shape index (κ1) is 28.3. The first-order valence-electron chi connectivity index (χ1n) is 13.6. The number of unbranched alkanes of at least 4 members (excludes halogenated alkanes) is 7. The van der Waals surface area contributed by atoms with Crippen LogP contribution in [0.5, 0.6) is 5.75 Å². The summed E-state index contributed by atoms with van der Waals surface area (Å²) in [6, 6.07) is 12.7. The summed E-state index contributed by atoms with van der Waals surface area (Å²) in [7, 11) is -3.50. The fraction of sp³-hybridized carbons (Fsp3) is 0.500. The van der Waals surface area contributed by atoms with E-state index in [9.17, 15) is 13.2 Å². The lowest BCUT2D eigenvalue weighted by atomic mass is 10.1. The van der Waals surface area contributed by atoms with Gasteiger partial charge >= 0.3 is 5.56 Å². The van der Waals surface area contributed by atoms with Crippen molar-refractivity contribution in [2.24, 2.45) is 0 Å². The standard InChI is InChI=1S/C28H38N4O4S2/c1-2-3-4-5-6-7-8-12-21-36-27-25(23-29-32(28(27)33)24-14-10-9-11-15-24)30-17-19-31(20-18-30)38(34,35)26-16-13-22-37-26/h9-11,13-16,22-23H,2-8,12,17-21H2,1H3. The Kier molecular flexibility index (Phi) is 10.4. The quantitative estimate of drug-likeness (QED) is 0.249. The average Bonchev–Trinajstić information content (AvgIpc) is 3.50. The van der Waals surface area contributed by atoms with Gasteiger partial charge in [-0.05, 0) is 30.0 Å². The minimum atomic E-state index is -3.50. The van der Waals surface area contributed by atoms with Crippen molar-refractivity contribution in [1.29, 1.82) is 0 Å². The van der Waals surface area contributed by atoms with Gasteiger partial charge < -0.3 is 9.64 Å². The third-order valence-corrected chi connectivity index (χ3v) is 10.1. The van der Waals surface area contributed by atoms with E-state index in [0.717, 1.165) is 12.8 Å². The molecule has 0 spiro atoms. The molecule has 206 valence electrons. The Balaban J connectivity index is 1.44. The van der Waals surface area contributed by atoms with E-state index in [0.29, 0.717) is 48.4 Å². The first-order chi connectivity index (χ1) is 18.5. The van der Waals surface area contributed by atoms with E-state index in [1.165, 1.54) is 58.8 Å². The van der Waals surface area contributed by atoms with E-state index >= 15 is 0 Å². The molecule has 0 aliphatic carbocycles. The molecule has 0 amide bonds. The predicted molar refractivity (Wildman–Crippen MR) is 153 cm³/mol. The highest BCUT2D eigenvalue weighted by Crippen LogP contribution is 2.28. The number of hydrogen-bond acceptors (Lipinski definition) is 7. The molecule has 10 heteroatoms. The summed E-state index contributed by atoms with van der Waals surface area (Å²) in [5.41, 5.74) is 0.990. The SMILES string of the molecule is CCCCCCCCCCOc1c(N2CCN(S(=O)(=O)c3cccs3)CC2)cnn(-c2ccccc2)c1=O. The van der Waals surface area contributed by atoms with Gasteiger partial charge in [-0.3, -0.25) is 4.79 Å². The van der Waals surface area contributed by atoms with Crippen LogP contribution in [0, 0.1) is 0 Å². The molecule has 1 fully saturated rings. The summed E-state index contributed by atoms with van der Waals surface area (Å²) >= 11 is 1.23. The van der Waals surface area contributed by atoms with Crippen LogP contribution in [0.4, 0.5) is 5.69 Å². The number of ether oxygens (including phenoxy) is 1. The van der Waals surface area contributed by atoms with Crippen LogP contribution in [0.1, 0.15) is 58.3 Å². The number of hydrogen-bond donors (Lipinski definition) is 0. The van der Waals surface area contributed by atoms with Gasteiger partial charge in [-0.25, -0.2) is 8.42 Å². The fourth-order valence-corrected chi connectivity index (χ4v) is 7.23. The zero-order valence-corrected chi connectivity index (χ0v) is 23.8. The van der Waals surface area contributed by atoms with Crippen LogP contribution < -0.4 is 15.2 Å². The van der Waals surface area contributed by atoms with Gasteiger partial charge in [-0.1, -0.05) is 76.1 Å². The topological polar surface area (TPSA) is 84.7 Å². The van der Waals surface area contributed by atoms with E-state index in [1.54, 1.807) is 23.7 Å². The van der Waals surface area contributed by atoms with E-state index < -0.39 is 10.0 Å². The lowest BCUT2D eigenvalue weighted by Crippen LogP contribution is -2.49. The Labute approximate surface area is 229 Å². The second-order valence-corrected chi connectivity index (χ2v) is 12.7. The number of aromatic nitrogens is 2. The van der Waals surface area contributed by atoms with Crippen molar-refractivity contribution in [3.63, 3.8) is 0 Å². The van der Waals surface area contributed by atoms with Gasteiger partial charge in [-0.15, -0.1) is 11.3 Å². The zero-order valence-electron chi connectivity index (χ0n) is 22.1. The van der Waals surface area contributed by atoms with Crippen LogP contribution in [0.2, 0.25) is 0 Å². The summed E-state index contributed by atoms with van der Waals surface area (Å²) in [6.45, 7) is 4.26. The normalized spacial score (nSPS) is 14.6. The molecular formula is C28H38N4O4S2. The van der Waals surface area contributed by atoms with Gasteiger partial charge in [0.1, 0.15) is 9.90 Å². The van der Waals surface area contributed by atoms with Crippen molar-refractivity contribution in [2.45, 2.75) is 62.5 Å². The molecule has 0 N–H and O–H groups in total. The molecule has 3 aromatic rings. The van der Waals surface area contributed by atoms with Crippen LogP contribution in [-0.4, -0.2) is 55.3 Å². The average molecular weight is 559 g/mol. The number of para-hydroxylation sites is 1. The summed E-state index contributed by atoms with van der Waals surface area (Å²) in [6.07, 6.45) is 11.2. The zero-order chi connectivity index (χ0) is 26.8. The van der Waals surface area contributed by atoms with Crippen LogP contribution in [0.25, 0.3) is 5.69 Å². The molecule has 0 radical (unpaired) electrons. The van der Waals surface area contributed by atoms with Crippen LogP contribution in [0.3, 0.4) is 0 Å². The Hall–Kier alpha value is -2.69. The summed E-state index contributed by atoms with van der Waals surface area (Å²) in [5, 5.41) is 6.21. The second-order valence-electron chi connectivity index (χ2n) is 9.56. The minimum absolute atomic E-state index is 0.279. The van der Waals surface area contributed by atoms with Crippen molar-refractivity contribution in [2.75, 3.05) is 37.7 Å². The molecule has 1 saturated heterocycles. The number of benzene rings is 1. The Bertz CT molecular complexity index is 1290. The Morgan fingerprint density at radius 3 is 2.24 bits per heavy atom. The van der Waals surface area contributed by atoms with Gasteiger partial charge in [-0.2, -0.15) is 14.1 Å². The molecule has 0 saturated carbocycles. The summed E-state index contributed by atoms with van der Waals surface area (Å²) in [4.78, 5) is 15.5. The van der Waals surface area contributed by atoms with E-state index in [2.05, 4.69) is 12.0 Å². The van der Waals surface area contributed by atoms with Gasteiger partial charge in [0.05, 0.1) is 18.5 Å². The highest BCUT2D eigenvalue weighted by molar-refractivity contribution is 7.91. The van der Waals surface area contributed by atoms with Crippen molar-refractivity contribution < 1.29 is 13.2 Å². The number of piperazine rings is 1.